The molecule has 0 aliphatic carbocycles. The summed E-state index contributed by atoms with van der Waals surface area (Å²) in [6.07, 6.45) is 0. The monoisotopic (exact) mass is 196 g/mol. The standard InChI is InChI=1S/C10H16N2O2/c1-14-10-4-7(2-3-9(10)13)8(5-11)6-12/h2-4,8,13H,5-6,11-12H2,1H3. The minimum Gasteiger partial charge on any atom is -0.504 e. The summed E-state index contributed by atoms with van der Waals surface area (Å²) in [5.41, 5.74) is 12.1. The normalized spacial score (nSPS) is 10.6. The van der Waals surface area contributed by atoms with Crippen molar-refractivity contribution in [2.45, 2.75) is 5.92 Å². The maximum Gasteiger partial charge on any atom is 0.160 e. The lowest BCUT2D eigenvalue weighted by Crippen LogP contribution is -2.21. The van der Waals surface area contributed by atoms with Crippen molar-refractivity contribution >= 4 is 0 Å². The van der Waals surface area contributed by atoms with E-state index < -0.39 is 0 Å². The van der Waals surface area contributed by atoms with Gasteiger partial charge in [0.15, 0.2) is 11.5 Å². The molecule has 0 saturated heterocycles. The predicted octanol–water partition coefficient (Wildman–Crippen LogP) is 0.402. The second-order valence-electron chi connectivity index (χ2n) is 3.10. The average molecular weight is 196 g/mol. The van der Waals surface area contributed by atoms with E-state index in [-0.39, 0.29) is 11.7 Å². The summed E-state index contributed by atoms with van der Waals surface area (Å²) in [6.45, 7) is 0.981. The zero-order valence-corrected chi connectivity index (χ0v) is 8.23. The van der Waals surface area contributed by atoms with Crippen LogP contribution in [0.3, 0.4) is 0 Å². The molecule has 0 heterocycles. The van der Waals surface area contributed by atoms with E-state index in [1.807, 2.05) is 6.07 Å². The number of ether oxygens (including phenoxy) is 1. The highest BCUT2D eigenvalue weighted by Gasteiger charge is 2.10. The van der Waals surface area contributed by atoms with Gasteiger partial charge < -0.3 is 21.3 Å². The Bertz CT molecular complexity index is 298. The molecule has 0 aromatic heterocycles. The molecule has 0 fully saturated rings. The minimum atomic E-state index is 0.115. The molecule has 0 atom stereocenters. The molecule has 0 bridgehead atoms. The Morgan fingerprint density at radius 1 is 1.36 bits per heavy atom. The highest BCUT2D eigenvalue weighted by molar-refractivity contribution is 5.43. The molecular formula is C10H16N2O2. The Labute approximate surface area is 83.5 Å². The van der Waals surface area contributed by atoms with Gasteiger partial charge in [-0.25, -0.2) is 0 Å². The number of phenols is 1. The zero-order valence-electron chi connectivity index (χ0n) is 8.23. The molecule has 4 nitrogen and oxygen atoms in total. The van der Waals surface area contributed by atoms with Gasteiger partial charge in [0.2, 0.25) is 0 Å². The highest BCUT2D eigenvalue weighted by Crippen LogP contribution is 2.28. The third kappa shape index (κ3) is 2.16. The van der Waals surface area contributed by atoms with Crippen LogP contribution in [0.4, 0.5) is 0 Å². The summed E-state index contributed by atoms with van der Waals surface area (Å²) in [4.78, 5) is 0. The minimum absolute atomic E-state index is 0.115. The fourth-order valence-electron chi connectivity index (χ4n) is 1.32. The lowest BCUT2D eigenvalue weighted by Gasteiger charge is -2.14. The molecule has 0 amide bonds. The zero-order chi connectivity index (χ0) is 10.6. The molecule has 4 heteroatoms. The molecule has 0 radical (unpaired) electrons. The van der Waals surface area contributed by atoms with Crippen molar-refractivity contribution < 1.29 is 9.84 Å². The van der Waals surface area contributed by atoms with Crippen LogP contribution in [0, 0.1) is 0 Å². The summed E-state index contributed by atoms with van der Waals surface area (Å²) in [6, 6.07) is 5.16. The van der Waals surface area contributed by atoms with Gasteiger partial charge in [0.25, 0.3) is 0 Å². The van der Waals surface area contributed by atoms with E-state index in [2.05, 4.69) is 0 Å². The molecule has 1 aromatic rings. The Hall–Kier alpha value is -1.26. The van der Waals surface area contributed by atoms with Gasteiger partial charge in [0.05, 0.1) is 7.11 Å². The van der Waals surface area contributed by atoms with Crippen LogP contribution in [-0.4, -0.2) is 25.3 Å². The molecule has 0 unspecified atom stereocenters. The van der Waals surface area contributed by atoms with E-state index in [4.69, 9.17) is 16.2 Å². The van der Waals surface area contributed by atoms with Gasteiger partial charge in [0.1, 0.15) is 0 Å². The molecule has 78 valence electrons. The van der Waals surface area contributed by atoms with E-state index in [1.165, 1.54) is 7.11 Å². The molecule has 1 rings (SSSR count). The topological polar surface area (TPSA) is 81.5 Å². The predicted molar refractivity (Wildman–Crippen MR) is 55.5 cm³/mol. The number of phenolic OH excluding ortho intramolecular Hbond substituents is 1. The Kier molecular flexibility index (Phi) is 3.73. The molecule has 0 aliphatic rings. The maximum absolute atomic E-state index is 9.37. The first kappa shape index (κ1) is 10.8. The van der Waals surface area contributed by atoms with Crippen LogP contribution < -0.4 is 16.2 Å². The lowest BCUT2D eigenvalue weighted by molar-refractivity contribution is 0.372. The van der Waals surface area contributed by atoms with Gasteiger partial charge in [-0.05, 0) is 17.7 Å². The molecule has 1 aromatic carbocycles. The van der Waals surface area contributed by atoms with Crippen molar-refractivity contribution in [2.75, 3.05) is 20.2 Å². The third-order valence-corrected chi connectivity index (χ3v) is 2.24. The summed E-state index contributed by atoms with van der Waals surface area (Å²) in [7, 11) is 1.51. The van der Waals surface area contributed by atoms with Crippen LogP contribution >= 0.6 is 0 Å². The van der Waals surface area contributed by atoms with Gasteiger partial charge in [0, 0.05) is 19.0 Å². The summed E-state index contributed by atoms with van der Waals surface area (Å²) < 4.78 is 4.99. The van der Waals surface area contributed by atoms with Crippen molar-refractivity contribution in [3.8, 4) is 11.5 Å². The van der Waals surface area contributed by atoms with Crippen molar-refractivity contribution in [1.29, 1.82) is 0 Å². The van der Waals surface area contributed by atoms with E-state index in [1.54, 1.807) is 12.1 Å². The lowest BCUT2D eigenvalue weighted by atomic mass is 9.99. The van der Waals surface area contributed by atoms with Gasteiger partial charge in [-0.15, -0.1) is 0 Å². The quantitative estimate of drug-likeness (QED) is 0.651. The van der Waals surface area contributed by atoms with Gasteiger partial charge in [-0.1, -0.05) is 6.07 Å². The van der Waals surface area contributed by atoms with E-state index >= 15 is 0 Å². The average Bonchev–Trinajstić information content (AvgIpc) is 2.22. The number of hydrogen-bond donors (Lipinski definition) is 3. The van der Waals surface area contributed by atoms with Crippen LogP contribution in [0.25, 0.3) is 0 Å². The Morgan fingerprint density at radius 2 is 2.00 bits per heavy atom. The second kappa shape index (κ2) is 4.83. The number of nitrogens with two attached hydrogens (primary N) is 2. The molecule has 14 heavy (non-hydrogen) atoms. The van der Waals surface area contributed by atoms with Gasteiger partial charge in [-0.2, -0.15) is 0 Å². The van der Waals surface area contributed by atoms with Crippen LogP contribution in [0.5, 0.6) is 11.5 Å². The fraction of sp³-hybridized carbons (Fsp3) is 0.400. The second-order valence-corrected chi connectivity index (χ2v) is 3.10. The first-order valence-corrected chi connectivity index (χ1v) is 4.50. The van der Waals surface area contributed by atoms with Crippen molar-refractivity contribution in [3.63, 3.8) is 0 Å². The highest BCUT2D eigenvalue weighted by atomic mass is 16.5. The Morgan fingerprint density at radius 3 is 2.50 bits per heavy atom. The fourth-order valence-corrected chi connectivity index (χ4v) is 1.32. The number of rotatable bonds is 4. The maximum atomic E-state index is 9.37. The molecule has 0 spiro atoms. The smallest absolute Gasteiger partial charge is 0.160 e. The molecule has 5 N–H and O–H groups in total. The number of methoxy groups -OCH3 is 1. The van der Waals surface area contributed by atoms with Gasteiger partial charge in [-0.3, -0.25) is 0 Å². The number of hydrogen-bond acceptors (Lipinski definition) is 4. The summed E-state index contributed by atoms with van der Waals surface area (Å²) in [5, 5.41) is 9.37. The van der Waals surface area contributed by atoms with Crippen molar-refractivity contribution in [2.24, 2.45) is 11.5 Å². The van der Waals surface area contributed by atoms with Crippen LogP contribution in [0.15, 0.2) is 18.2 Å². The van der Waals surface area contributed by atoms with Crippen LogP contribution in [0.2, 0.25) is 0 Å². The largest absolute Gasteiger partial charge is 0.504 e. The van der Waals surface area contributed by atoms with E-state index in [0.29, 0.717) is 18.8 Å². The van der Waals surface area contributed by atoms with Crippen LogP contribution in [0.1, 0.15) is 11.5 Å². The first-order valence-electron chi connectivity index (χ1n) is 4.50. The van der Waals surface area contributed by atoms with E-state index in [0.717, 1.165) is 5.56 Å². The van der Waals surface area contributed by atoms with Crippen LogP contribution in [-0.2, 0) is 0 Å². The first-order chi connectivity index (χ1) is 6.72. The number of aromatic hydroxyl groups is 1. The SMILES string of the molecule is COc1cc(C(CN)CN)ccc1O. The van der Waals surface area contributed by atoms with Crippen molar-refractivity contribution in [1.82, 2.24) is 0 Å². The molecule has 0 aliphatic heterocycles. The van der Waals surface area contributed by atoms with Gasteiger partial charge >= 0.3 is 0 Å². The molecule has 0 saturated carbocycles. The third-order valence-electron chi connectivity index (χ3n) is 2.24. The van der Waals surface area contributed by atoms with Crippen molar-refractivity contribution in [3.05, 3.63) is 23.8 Å². The number of benzene rings is 1. The van der Waals surface area contributed by atoms with E-state index in [9.17, 15) is 5.11 Å². The summed E-state index contributed by atoms with van der Waals surface area (Å²) in [5.74, 6) is 0.697. The Balaban J connectivity index is 2.98. The molecular weight excluding hydrogens is 180 g/mol. The summed E-state index contributed by atoms with van der Waals surface area (Å²) >= 11 is 0.